The number of aromatic nitrogens is 3. The molecule has 28 heavy (non-hydrogen) atoms. The van der Waals surface area contributed by atoms with Crippen molar-refractivity contribution >= 4 is 23.4 Å². The van der Waals surface area contributed by atoms with Crippen molar-refractivity contribution in [2.24, 2.45) is 0 Å². The van der Waals surface area contributed by atoms with E-state index in [-0.39, 0.29) is 17.4 Å². The van der Waals surface area contributed by atoms with E-state index in [1.165, 1.54) is 11.8 Å². The Labute approximate surface area is 167 Å². The number of hydrogen-bond acceptors (Lipinski definition) is 6. The summed E-state index contributed by atoms with van der Waals surface area (Å²) in [5.41, 5.74) is 1.25. The summed E-state index contributed by atoms with van der Waals surface area (Å²) in [6, 6.07) is 14.3. The lowest BCUT2D eigenvalue weighted by Crippen LogP contribution is -2.15. The number of nitrogens with one attached hydrogen (secondary N) is 1. The third-order valence-electron chi connectivity index (χ3n) is 3.97. The average molecular weight is 398 g/mol. The highest BCUT2D eigenvalue weighted by atomic mass is 32.2. The molecular formula is C20H22N4O3S. The maximum absolute atomic E-state index is 12.4. The van der Waals surface area contributed by atoms with Crippen molar-refractivity contribution in [2.45, 2.75) is 25.5 Å². The maximum atomic E-state index is 12.4. The Bertz CT molecular complexity index is 958. The van der Waals surface area contributed by atoms with Gasteiger partial charge in [-0.15, -0.1) is 10.2 Å². The molecule has 0 atom stereocenters. The van der Waals surface area contributed by atoms with Gasteiger partial charge in [0.25, 0.3) is 0 Å². The molecule has 0 fully saturated rings. The zero-order valence-corrected chi connectivity index (χ0v) is 16.6. The summed E-state index contributed by atoms with van der Waals surface area (Å²) in [6.07, 6.45) is 0. The number of hydrogen-bond donors (Lipinski definition) is 2. The van der Waals surface area contributed by atoms with Gasteiger partial charge in [-0.3, -0.25) is 4.79 Å². The number of carbonyl (C=O) groups is 1. The lowest BCUT2D eigenvalue weighted by molar-refractivity contribution is -0.113. The molecule has 146 valence electrons. The quantitative estimate of drug-likeness (QED) is 0.561. The molecule has 0 aliphatic carbocycles. The molecule has 0 saturated heterocycles. The number of thioether (sulfide) groups is 1. The molecule has 2 aromatic carbocycles. The second kappa shape index (κ2) is 9.27. The number of ether oxygens (including phenoxy) is 1. The number of amides is 1. The molecule has 0 spiro atoms. The van der Waals surface area contributed by atoms with E-state index in [0.717, 1.165) is 0 Å². The van der Waals surface area contributed by atoms with Crippen LogP contribution in [0.5, 0.6) is 11.5 Å². The number of carbonyl (C=O) groups excluding carboxylic acids is 1. The van der Waals surface area contributed by atoms with Gasteiger partial charge >= 0.3 is 0 Å². The number of aromatic hydroxyl groups is 1. The fourth-order valence-electron chi connectivity index (χ4n) is 2.71. The summed E-state index contributed by atoms with van der Waals surface area (Å²) in [5.74, 6) is 1.38. The molecule has 0 aliphatic heterocycles. The molecular weight excluding hydrogens is 376 g/mol. The van der Waals surface area contributed by atoms with E-state index in [1.54, 1.807) is 24.3 Å². The fraction of sp³-hybridized carbons (Fsp3) is 0.250. The van der Waals surface area contributed by atoms with Crippen LogP contribution < -0.4 is 10.1 Å². The van der Waals surface area contributed by atoms with Crippen LogP contribution in [0.4, 0.5) is 5.69 Å². The smallest absolute Gasteiger partial charge is 0.234 e. The van der Waals surface area contributed by atoms with E-state index >= 15 is 0 Å². The van der Waals surface area contributed by atoms with Gasteiger partial charge in [0, 0.05) is 6.54 Å². The maximum Gasteiger partial charge on any atom is 0.234 e. The summed E-state index contributed by atoms with van der Waals surface area (Å²) < 4.78 is 7.41. The number of phenols is 1. The Balaban J connectivity index is 1.70. The molecule has 1 heterocycles. The van der Waals surface area contributed by atoms with Crippen molar-refractivity contribution in [1.29, 1.82) is 0 Å². The van der Waals surface area contributed by atoms with Crippen LogP contribution in [0, 0.1) is 0 Å². The van der Waals surface area contributed by atoms with Crippen LogP contribution in [0.25, 0.3) is 11.4 Å². The second-order valence-corrected chi connectivity index (χ2v) is 6.78. The monoisotopic (exact) mass is 398 g/mol. The second-order valence-electron chi connectivity index (χ2n) is 5.83. The van der Waals surface area contributed by atoms with Crippen LogP contribution in [0.2, 0.25) is 0 Å². The summed E-state index contributed by atoms with van der Waals surface area (Å²) in [4.78, 5) is 12.4. The molecule has 0 unspecified atom stereocenters. The van der Waals surface area contributed by atoms with Gasteiger partial charge in [-0.2, -0.15) is 0 Å². The number of nitrogens with zero attached hydrogens (tertiary/aromatic N) is 3. The number of anilines is 1. The summed E-state index contributed by atoms with van der Waals surface area (Å²) >= 11 is 1.29. The summed E-state index contributed by atoms with van der Waals surface area (Å²) in [6.45, 7) is 5.01. The highest BCUT2D eigenvalue weighted by Gasteiger charge is 2.17. The molecule has 2 N–H and O–H groups in total. The third kappa shape index (κ3) is 4.45. The van der Waals surface area contributed by atoms with E-state index in [2.05, 4.69) is 15.5 Å². The van der Waals surface area contributed by atoms with Gasteiger partial charge in [-0.05, 0) is 38.1 Å². The predicted molar refractivity (Wildman–Crippen MR) is 110 cm³/mol. The zero-order valence-electron chi connectivity index (χ0n) is 15.8. The topological polar surface area (TPSA) is 89.3 Å². The lowest BCUT2D eigenvalue weighted by Gasteiger charge is -2.11. The van der Waals surface area contributed by atoms with Gasteiger partial charge in [0.2, 0.25) is 5.91 Å². The Morgan fingerprint density at radius 1 is 1.14 bits per heavy atom. The summed E-state index contributed by atoms with van der Waals surface area (Å²) in [7, 11) is 0. The molecule has 1 amide bonds. The normalized spacial score (nSPS) is 10.6. The minimum atomic E-state index is -0.160. The van der Waals surface area contributed by atoms with Gasteiger partial charge in [0.1, 0.15) is 11.5 Å². The van der Waals surface area contributed by atoms with Crippen molar-refractivity contribution in [1.82, 2.24) is 14.8 Å². The number of rotatable bonds is 8. The first-order valence-electron chi connectivity index (χ1n) is 9.00. The number of benzene rings is 2. The molecule has 0 radical (unpaired) electrons. The van der Waals surface area contributed by atoms with Crippen LogP contribution in [0.15, 0.2) is 53.7 Å². The van der Waals surface area contributed by atoms with Crippen LogP contribution in [-0.2, 0) is 11.3 Å². The number of phenolic OH excluding ortho intramolecular Hbond substituents is 1. The Kier molecular flexibility index (Phi) is 6.54. The van der Waals surface area contributed by atoms with Gasteiger partial charge < -0.3 is 19.7 Å². The van der Waals surface area contributed by atoms with Crippen LogP contribution >= 0.6 is 11.8 Å². The van der Waals surface area contributed by atoms with E-state index < -0.39 is 0 Å². The van der Waals surface area contributed by atoms with Gasteiger partial charge in [-0.25, -0.2) is 0 Å². The standard InChI is InChI=1S/C20H22N4O3S/c1-3-24-19(14-9-5-7-11-16(14)25)22-23-20(24)28-13-18(26)21-15-10-6-8-12-17(15)27-4-2/h5-12,25H,3-4,13H2,1-2H3,(H,21,26). The molecule has 0 saturated carbocycles. The molecule has 0 aliphatic rings. The van der Waals surface area contributed by atoms with Crippen molar-refractivity contribution in [3.8, 4) is 22.9 Å². The zero-order chi connectivity index (χ0) is 19.9. The Morgan fingerprint density at radius 3 is 2.64 bits per heavy atom. The predicted octanol–water partition coefficient (Wildman–Crippen LogP) is 3.80. The van der Waals surface area contributed by atoms with Crippen LogP contribution in [0.3, 0.4) is 0 Å². The van der Waals surface area contributed by atoms with Crippen molar-refractivity contribution in [3.63, 3.8) is 0 Å². The summed E-state index contributed by atoms with van der Waals surface area (Å²) in [5, 5.41) is 22.0. The molecule has 3 aromatic rings. The molecule has 3 rings (SSSR count). The largest absolute Gasteiger partial charge is 0.507 e. The van der Waals surface area contributed by atoms with E-state index in [9.17, 15) is 9.90 Å². The van der Waals surface area contributed by atoms with Crippen molar-refractivity contribution in [2.75, 3.05) is 17.7 Å². The van der Waals surface area contributed by atoms with E-state index in [1.807, 2.05) is 42.7 Å². The van der Waals surface area contributed by atoms with Crippen molar-refractivity contribution in [3.05, 3.63) is 48.5 Å². The van der Waals surface area contributed by atoms with Gasteiger partial charge in [0.15, 0.2) is 11.0 Å². The minimum Gasteiger partial charge on any atom is -0.507 e. The van der Waals surface area contributed by atoms with Gasteiger partial charge in [-0.1, -0.05) is 36.0 Å². The first kappa shape index (κ1) is 19.8. The van der Waals surface area contributed by atoms with Crippen LogP contribution in [0.1, 0.15) is 13.8 Å². The molecule has 1 aromatic heterocycles. The van der Waals surface area contributed by atoms with Crippen LogP contribution in [-0.4, -0.2) is 38.1 Å². The molecule has 7 nitrogen and oxygen atoms in total. The molecule has 0 bridgehead atoms. The Morgan fingerprint density at radius 2 is 1.89 bits per heavy atom. The van der Waals surface area contributed by atoms with E-state index in [0.29, 0.717) is 41.1 Å². The number of para-hydroxylation sites is 3. The SMILES string of the molecule is CCOc1ccccc1NC(=O)CSc1nnc(-c2ccccc2O)n1CC. The average Bonchev–Trinajstić information content (AvgIpc) is 3.11. The highest BCUT2D eigenvalue weighted by molar-refractivity contribution is 7.99. The van der Waals surface area contributed by atoms with Gasteiger partial charge in [0.05, 0.1) is 23.6 Å². The lowest BCUT2D eigenvalue weighted by atomic mass is 10.2. The molecule has 8 heteroatoms. The van der Waals surface area contributed by atoms with Crippen molar-refractivity contribution < 1.29 is 14.6 Å². The fourth-order valence-corrected chi connectivity index (χ4v) is 3.51. The first-order chi connectivity index (χ1) is 13.6. The Hall–Kier alpha value is -3.00. The first-order valence-corrected chi connectivity index (χ1v) is 9.98. The third-order valence-corrected chi connectivity index (χ3v) is 4.94. The van der Waals surface area contributed by atoms with E-state index in [4.69, 9.17) is 4.74 Å². The minimum absolute atomic E-state index is 0.145. The highest BCUT2D eigenvalue weighted by Crippen LogP contribution is 2.30.